The predicted octanol–water partition coefficient (Wildman–Crippen LogP) is 2.76. The Morgan fingerprint density at radius 2 is 1.90 bits per heavy atom. The Morgan fingerprint density at radius 1 is 1.10 bits per heavy atom. The number of pyridine rings is 1. The Morgan fingerprint density at radius 3 is 2.57 bits per heavy atom. The molecule has 2 aromatic heterocycles. The maximum absolute atomic E-state index is 11.5. The van der Waals surface area contributed by atoms with Crippen LogP contribution >= 0.6 is 0 Å². The van der Waals surface area contributed by atoms with Gasteiger partial charge in [-0.3, -0.25) is 4.98 Å². The molecule has 0 saturated heterocycles. The molecular formula is C15H11N3O3. The summed E-state index contributed by atoms with van der Waals surface area (Å²) in [5.41, 5.74) is 0.504. The smallest absolute Gasteiger partial charge is 0.358 e. The van der Waals surface area contributed by atoms with E-state index in [1.54, 1.807) is 42.6 Å². The number of benzene rings is 1. The van der Waals surface area contributed by atoms with Gasteiger partial charge in [-0.25, -0.2) is 9.48 Å². The summed E-state index contributed by atoms with van der Waals surface area (Å²) >= 11 is 0. The van der Waals surface area contributed by atoms with E-state index in [1.807, 2.05) is 6.07 Å². The molecule has 21 heavy (non-hydrogen) atoms. The molecule has 0 bridgehead atoms. The van der Waals surface area contributed by atoms with Gasteiger partial charge in [0.25, 0.3) is 0 Å². The summed E-state index contributed by atoms with van der Waals surface area (Å²) in [6.07, 6.45) is 4.52. The van der Waals surface area contributed by atoms with Crippen molar-refractivity contribution in [3.63, 3.8) is 0 Å². The van der Waals surface area contributed by atoms with Crippen molar-refractivity contribution in [1.82, 2.24) is 14.8 Å². The standard InChI is InChI=1S/C15H11N3O3/c19-15(20)14-13(21-12-6-2-1-3-7-12)10-17-18(14)11-5-4-8-16-9-11/h1-10H,(H,19,20). The number of carboxylic acid groups (broad SMARTS) is 1. The normalized spacial score (nSPS) is 10.3. The first-order valence-corrected chi connectivity index (χ1v) is 6.20. The van der Waals surface area contributed by atoms with E-state index < -0.39 is 5.97 Å². The third-order valence-corrected chi connectivity index (χ3v) is 2.80. The topological polar surface area (TPSA) is 77.2 Å². The van der Waals surface area contributed by atoms with Crippen LogP contribution in [-0.4, -0.2) is 25.8 Å². The molecular weight excluding hydrogens is 270 g/mol. The van der Waals surface area contributed by atoms with Gasteiger partial charge in [0.15, 0.2) is 11.4 Å². The van der Waals surface area contributed by atoms with Crippen molar-refractivity contribution >= 4 is 5.97 Å². The number of aromatic nitrogens is 3. The second-order valence-electron chi connectivity index (χ2n) is 4.20. The SMILES string of the molecule is O=C(O)c1c(Oc2ccccc2)cnn1-c1cccnc1. The van der Waals surface area contributed by atoms with Crippen LogP contribution < -0.4 is 4.74 Å². The quantitative estimate of drug-likeness (QED) is 0.795. The molecule has 1 aromatic carbocycles. The zero-order chi connectivity index (χ0) is 14.7. The molecule has 2 heterocycles. The molecule has 3 aromatic rings. The predicted molar refractivity (Wildman–Crippen MR) is 74.8 cm³/mol. The van der Waals surface area contributed by atoms with E-state index in [0.29, 0.717) is 11.4 Å². The minimum Gasteiger partial charge on any atom is -0.476 e. The molecule has 0 spiro atoms. The van der Waals surface area contributed by atoms with Crippen LogP contribution in [0.25, 0.3) is 5.69 Å². The molecule has 0 aliphatic carbocycles. The van der Waals surface area contributed by atoms with Gasteiger partial charge in [-0.2, -0.15) is 5.10 Å². The van der Waals surface area contributed by atoms with Gasteiger partial charge in [0.05, 0.1) is 18.1 Å². The average molecular weight is 281 g/mol. The highest BCUT2D eigenvalue weighted by Gasteiger charge is 2.21. The zero-order valence-corrected chi connectivity index (χ0v) is 10.9. The van der Waals surface area contributed by atoms with Crippen molar-refractivity contribution in [3.8, 4) is 17.2 Å². The number of rotatable bonds is 4. The summed E-state index contributed by atoms with van der Waals surface area (Å²) in [6.45, 7) is 0. The van der Waals surface area contributed by atoms with E-state index in [9.17, 15) is 9.90 Å². The van der Waals surface area contributed by atoms with Crippen LogP contribution in [0.3, 0.4) is 0 Å². The van der Waals surface area contributed by atoms with Crippen molar-refractivity contribution < 1.29 is 14.6 Å². The first-order valence-electron chi connectivity index (χ1n) is 6.20. The van der Waals surface area contributed by atoms with Gasteiger partial charge in [-0.1, -0.05) is 18.2 Å². The number of hydrogen-bond donors (Lipinski definition) is 1. The minimum atomic E-state index is -1.12. The maximum Gasteiger partial charge on any atom is 0.358 e. The van der Waals surface area contributed by atoms with Gasteiger partial charge in [-0.05, 0) is 24.3 Å². The first kappa shape index (κ1) is 12.9. The van der Waals surface area contributed by atoms with Gasteiger partial charge < -0.3 is 9.84 Å². The Balaban J connectivity index is 2.03. The molecule has 0 fully saturated rings. The average Bonchev–Trinajstić information content (AvgIpc) is 2.93. The number of nitrogens with zero attached hydrogens (tertiary/aromatic N) is 3. The van der Waals surface area contributed by atoms with E-state index in [1.165, 1.54) is 17.1 Å². The Bertz CT molecular complexity index is 754. The highest BCUT2D eigenvalue weighted by atomic mass is 16.5. The number of aromatic carboxylic acids is 1. The fourth-order valence-electron chi connectivity index (χ4n) is 1.89. The monoisotopic (exact) mass is 281 g/mol. The third-order valence-electron chi connectivity index (χ3n) is 2.80. The molecule has 3 rings (SSSR count). The van der Waals surface area contributed by atoms with Crippen molar-refractivity contribution in [2.75, 3.05) is 0 Å². The van der Waals surface area contributed by atoms with Crippen LogP contribution in [0, 0.1) is 0 Å². The van der Waals surface area contributed by atoms with Crippen molar-refractivity contribution in [2.24, 2.45) is 0 Å². The summed E-state index contributed by atoms with van der Waals surface area (Å²) in [5, 5.41) is 13.5. The highest BCUT2D eigenvalue weighted by molar-refractivity contribution is 5.89. The minimum absolute atomic E-state index is 0.0492. The summed E-state index contributed by atoms with van der Waals surface area (Å²) in [6, 6.07) is 12.4. The number of hydrogen-bond acceptors (Lipinski definition) is 4. The molecule has 0 amide bonds. The van der Waals surface area contributed by atoms with E-state index in [-0.39, 0.29) is 11.4 Å². The molecule has 1 N–H and O–H groups in total. The molecule has 0 saturated carbocycles. The van der Waals surface area contributed by atoms with Crippen LogP contribution in [0.2, 0.25) is 0 Å². The van der Waals surface area contributed by atoms with Gasteiger partial charge in [0.2, 0.25) is 0 Å². The molecule has 0 atom stereocenters. The largest absolute Gasteiger partial charge is 0.476 e. The summed E-state index contributed by atoms with van der Waals surface area (Å²) in [7, 11) is 0. The molecule has 6 heteroatoms. The second kappa shape index (κ2) is 5.46. The van der Waals surface area contributed by atoms with Crippen LogP contribution in [0.15, 0.2) is 61.1 Å². The van der Waals surface area contributed by atoms with Crippen LogP contribution in [0.1, 0.15) is 10.5 Å². The summed E-state index contributed by atoms with van der Waals surface area (Å²) < 4.78 is 6.87. The second-order valence-corrected chi connectivity index (χ2v) is 4.20. The fourth-order valence-corrected chi connectivity index (χ4v) is 1.89. The van der Waals surface area contributed by atoms with Gasteiger partial charge in [-0.15, -0.1) is 0 Å². The lowest BCUT2D eigenvalue weighted by Gasteiger charge is -2.06. The maximum atomic E-state index is 11.5. The summed E-state index contributed by atoms with van der Waals surface area (Å²) in [5.74, 6) is -0.398. The lowest BCUT2D eigenvalue weighted by Crippen LogP contribution is -2.09. The van der Waals surface area contributed by atoms with Crippen LogP contribution in [0.4, 0.5) is 0 Å². The molecule has 0 aliphatic heterocycles. The number of ether oxygens (including phenoxy) is 1. The number of para-hydroxylation sites is 1. The highest BCUT2D eigenvalue weighted by Crippen LogP contribution is 2.26. The van der Waals surface area contributed by atoms with Gasteiger partial charge >= 0.3 is 5.97 Å². The lowest BCUT2D eigenvalue weighted by molar-refractivity contribution is 0.0684. The molecule has 0 aliphatic rings. The fraction of sp³-hybridized carbons (Fsp3) is 0. The molecule has 0 unspecified atom stereocenters. The molecule has 0 radical (unpaired) electrons. The molecule has 104 valence electrons. The van der Waals surface area contributed by atoms with Gasteiger partial charge in [0, 0.05) is 6.20 Å². The van der Waals surface area contributed by atoms with E-state index in [2.05, 4.69) is 10.1 Å². The Hall–Kier alpha value is -3.15. The zero-order valence-electron chi connectivity index (χ0n) is 10.9. The van der Waals surface area contributed by atoms with Crippen molar-refractivity contribution in [1.29, 1.82) is 0 Å². The third kappa shape index (κ3) is 2.59. The van der Waals surface area contributed by atoms with E-state index >= 15 is 0 Å². The van der Waals surface area contributed by atoms with Crippen molar-refractivity contribution in [3.05, 3.63) is 66.7 Å². The van der Waals surface area contributed by atoms with E-state index in [0.717, 1.165) is 0 Å². The first-order chi connectivity index (χ1) is 10.3. The number of carbonyl (C=O) groups is 1. The Labute approximate surface area is 120 Å². The summed E-state index contributed by atoms with van der Waals surface area (Å²) in [4.78, 5) is 15.5. The number of carboxylic acids is 1. The van der Waals surface area contributed by atoms with Crippen molar-refractivity contribution in [2.45, 2.75) is 0 Å². The molecule has 6 nitrogen and oxygen atoms in total. The lowest BCUT2D eigenvalue weighted by atomic mass is 10.3. The van der Waals surface area contributed by atoms with E-state index in [4.69, 9.17) is 4.74 Å². The van der Waals surface area contributed by atoms with Gasteiger partial charge in [0.1, 0.15) is 5.75 Å². The van der Waals surface area contributed by atoms with Crippen LogP contribution in [0.5, 0.6) is 11.5 Å². The van der Waals surface area contributed by atoms with Crippen LogP contribution in [-0.2, 0) is 0 Å². The Kier molecular flexibility index (Phi) is 3.34.